The van der Waals surface area contributed by atoms with E-state index in [0.717, 1.165) is 33.7 Å². The van der Waals surface area contributed by atoms with Crippen LogP contribution in [0.3, 0.4) is 0 Å². The molecule has 0 bridgehead atoms. The summed E-state index contributed by atoms with van der Waals surface area (Å²) < 4.78 is 21.7. The number of likely N-dealkylation sites (tertiary alicyclic amines) is 1. The number of nitrogens with one attached hydrogen (secondary N) is 1. The molecule has 12 heteroatoms. The summed E-state index contributed by atoms with van der Waals surface area (Å²) in [5, 5.41) is 12.2. The fraction of sp³-hybridized carbons (Fsp3) is 0.364. The van der Waals surface area contributed by atoms with Gasteiger partial charge in [0, 0.05) is 63.5 Å². The Morgan fingerprint density at radius 3 is 2.58 bits per heavy atom. The van der Waals surface area contributed by atoms with Crippen molar-refractivity contribution >= 4 is 39.3 Å². The third-order valence-electron chi connectivity index (χ3n) is 8.00. The molecule has 1 aromatic carbocycles. The zero-order chi connectivity index (χ0) is 31.5. The highest BCUT2D eigenvalue weighted by molar-refractivity contribution is 7.22. The monoisotopic (exact) mass is 631 g/mol. The summed E-state index contributed by atoms with van der Waals surface area (Å²) in [6.45, 7) is 3.59. The van der Waals surface area contributed by atoms with Crippen LogP contribution in [0.5, 0.6) is 11.5 Å². The van der Waals surface area contributed by atoms with E-state index in [1.54, 1.807) is 35.5 Å². The zero-order valence-corrected chi connectivity index (χ0v) is 25.7. The molecule has 0 radical (unpaired) electrons. The Balaban J connectivity index is 1.12. The van der Waals surface area contributed by atoms with E-state index in [4.69, 9.17) is 4.74 Å². The molecule has 234 valence electrons. The van der Waals surface area contributed by atoms with Crippen LogP contribution in [-0.2, 0) is 22.6 Å². The molecule has 2 aliphatic rings. The van der Waals surface area contributed by atoms with Gasteiger partial charge in [-0.25, -0.2) is 9.18 Å². The molecule has 10 nitrogen and oxygen atoms in total. The van der Waals surface area contributed by atoms with E-state index in [9.17, 15) is 23.9 Å². The van der Waals surface area contributed by atoms with Gasteiger partial charge in [0.05, 0.1) is 27.3 Å². The van der Waals surface area contributed by atoms with Crippen molar-refractivity contribution in [2.24, 2.45) is 5.92 Å². The molecule has 2 amide bonds. The van der Waals surface area contributed by atoms with E-state index in [-0.39, 0.29) is 36.6 Å². The molecule has 1 aliphatic heterocycles. The Labute approximate surface area is 263 Å². The molecule has 0 unspecified atom stereocenters. The second-order valence-electron chi connectivity index (χ2n) is 11.6. The van der Waals surface area contributed by atoms with Gasteiger partial charge in [0.15, 0.2) is 11.6 Å². The number of nitrogens with zero attached hydrogens (tertiary/aromatic N) is 4. The summed E-state index contributed by atoms with van der Waals surface area (Å²) in [4.78, 5) is 49.2. The molecule has 4 heterocycles. The van der Waals surface area contributed by atoms with Crippen LogP contribution >= 0.6 is 11.3 Å². The number of ketones is 1. The maximum Gasteiger partial charge on any atom is 0.317 e. The number of carbonyl (C=O) groups excluding carboxylic acids is 2. The Hall–Kier alpha value is -4.42. The molecule has 0 spiro atoms. The SMILES string of the molecule is CCNC(=O)N1CC(N(CC(=O)O)Cc2ccc(-c3cc4nccc(Oc5ccc(CC(=O)CC6CC6)cc5F)c4s3)nc2)C1. The van der Waals surface area contributed by atoms with Crippen molar-refractivity contribution in [2.75, 3.05) is 26.2 Å². The van der Waals surface area contributed by atoms with E-state index < -0.39 is 11.8 Å². The number of thiophene rings is 1. The van der Waals surface area contributed by atoms with Crippen LogP contribution in [0.4, 0.5) is 9.18 Å². The number of benzene rings is 1. The maximum atomic E-state index is 15.0. The van der Waals surface area contributed by atoms with Crippen LogP contribution in [-0.4, -0.2) is 74.9 Å². The Morgan fingerprint density at radius 2 is 1.89 bits per heavy atom. The topological polar surface area (TPSA) is 125 Å². The fourth-order valence-corrected chi connectivity index (χ4v) is 6.46. The summed E-state index contributed by atoms with van der Waals surface area (Å²) >= 11 is 1.43. The molecule has 1 saturated carbocycles. The minimum Gasteiger partial charge on any atom is -0.480 e. The summed E-state index contributed by atoms with van der Waals surface area (Å²) in [6.07, 6.45) is 6.34. The van der Waals surface area contributed by atoms with Crippen LogP contribution in [0.15, 0.2) is 54.9 Å². The Bertz CT molecular complexity index is 1720. The number of pyridine rings is 2. The van der Waals surface area contributed by atoms with Gasteiger partial charge in [-0.2, -0.15) is 0 Å². The molecular formula is C33H34FN5O5S. The number of halogens is 1. The van der Waals surface area contributed by atoms with Crippen molar-refractivity contribution in [1.82, 2.24) is 25.1 Å². The molecule has 6 rings (SSSR count). The standard InChI is InChI=1S/C33H34FN5O5S/c1-2-35-33(43)39-17-23(18-39)38(19-31(41)42)16-22-5-7-26(37-15-22)30-14-27-32(45-30)29(9-10-36-27)44-28-8-6-21(13-25(28)34)12-24(40)11-20-3-4-20/h5-10,13-15,20,23H,2-4,11-12,16-19H2,1H3,(H,35,43)(H,41,42). The number of ether oxygens (including phenoxy) is 1. The average Bonchev–Trinajstić information content (AvgIpc) is 3.67. The van der Waals surface area contributed by atoms with E-state index >= 15 is 0 Å². The number of carboxylic acids is 1. The first-order chi connectivity index (χ1) is 21.7. The van der Waals surface area contributed by atoms with E-state index in [1.807, 2.05) is 30.0 Å². The van der Waals surface area contributed by atoms with Gasteiger partial charge in [-0.05, 0) is 61.1 Å². The first-order valence-electron chi connectivity index (χ1n) is 15.1. The fourth-order valence-electron chi connectivity index (χ4n) is 5.42. The number of Topliss-reactive ketones (excluding diaryl/α,β-unsaturated/α-hetero) is 1. The number of amides is 2. The second kappa shape index (κ2) is 13.3. The molecule has 1 aliphatic carbocycles. The second-order valence-corrected chi connectivity index (χ2v) is 12.7. The van der Waals surface area contributed by atoms with Crippen LogP contribution in [0, 0.1) is 11.7 Å². The van der Waals surface area contributed by atoms with E-state index in [0.29, 0.717) is 55.3 Å². The van der Waals surface area contributed by atoms with E-state index in [1.165, 1.54) is 17.4 Å². The minimum atomic E-state index is -0.929. The third-order valence-corrected chi connectivity index (χ3v) is 9.16. The highest BCUT2D eigenvalue weighted by atomic mass is 32.1. The average molecular weight is 632 g/mol. The van der Waals surface area contributed by atoms with Crippen LogP contribution < -0.4 is 10.1 Å². The summed E-state index contributed by atoms with van der Waals surface area (Å²) in [5.41, 5.74) is 2.90. The van der Waals surface area contributed by atoms with Crippen molar-refractivity contribution in [3.8, 4) is 22.1 Å². The smallest absolute Gasteiger partial charge is 0.317 e. The van der Waals surface area contributed by atoms with Gasteiger partial charge in [0.1, 0.15) is 11.5 Å². The van der Waals surface area contributed by atoms with Gasteiger partial charge < -0.3 is 20.1 Å². The number of aliphatic carboxylic acids is 1. The normalized spacial score (nSPS) is 14.9. The quantitative estimate of drug-likeness (QED) is 0.198. The molecule has 2 fully saturated rings. The van der Waals surface area contributed by atoms with E-state index in [2.05, 4.69) is 15.3 Å². The zero-order valence-electron chi connectivity index (χ0n) is 24.9. The Kier molecular flexibility index (Phi) is 9.04. The summed E-state index contributed by atoms with van der Waals surface area (Å²) in [7, 11) is 0. The molecular weight excluding hydrogens is 597 g/mol. The van der Waals surface area contributed by atoms with Gasteiger partial charge in [-0.1, -0.05) is 12.1 Å². The van der Waals surface area contributed by atoms with Gasteiger partial charge in [0.25, 0.3) is 0 Å². The van der Waals surface area contributed by atoms with Crippen molar-refractivity contribution in [3.05, 3.63) is 71.8 Å². The first-order valence-corrected chi connectivity index (χ1v) is 15.9. The predicted octanol–water partition coefficient (Wildman–Crippen LogP) is 5.50. The van der Waals surface area contributed by atoms with Crippen molar-refractivity contribution in [3.63, 3.8) is 0 Å². The largest absolute Gasteiger partial charge is 0.480 e. The number of fused-ring (bicyclic) bond motifs is 1. The van der Waals surface area contributed by atoms with Gasteiger partial charge in [-0.3, -0.25) is 24.5 Å². The number of carbonyl (C=O) groups is 3. The third kappa shape index (κ3) is 7.46. The lowest BCUT2D eigenvalue weighted by molar-refractivity contribution is -0.140. The number of hydrogen-bond donors (Lipinski definition) is 2. The van der Waals surface area contributed by atoms with Gasteiger partial charge in [0.2, 0.25) is 0 Å². The minimum absolute atomic E-state index is 0.0497. The van der Waals surface area contributed by atoms with Gasteiger partial charge in [-0.15, -0.1) is 11.3 Å². The van der Waals surface area contributed by atoms with Gasteiger partial charge >= 0.3 is 12.0 Å². The lowest BCUT2D eigenvalue weighted by Crippen LogP contribution is -2.63. The van der Waals surface area contributed by atoms with Crippen LogP contribution in [0.1, 0.15) is 37.3 Å². The number of rotatable bonds is 13. The number of hydrogen-bond acceptors (Lipinski definition) is 8. The van der Waals surface area contributed by atoms with Crippen molar-refractivity contribution in [1.29, 1.82) is 0 Å². The molecule has 0 atom stereocenters. The Morgan fingerprint density at radius 1 is 1.09 bits per heavy atom. The predicted molar refractivity (Wildman–Crippen MR) is 168 cm³/mol. The summed E-state index contributed by atoms with van der Waals surface area (Å²) in [6, 6.07) is 11.9. The highest BCUT2D eigenvalue weighted by Crippen LogP contribution is 2.39. The molecule has 3 aromatic heterocycles. The van der Waals surface area contributed by atoms with Crippen LogP contribution in [0.2, 0.25) is 0 Å². The maximum absolute atomic E-state index is 15.0. The van der Waals surface area contributed by atoms with Crippen molar-refractivity contribution in [2.45, 2.75) is 45.2 Å². The molecule has 4 aromatic rings. The molecule has 45 heavy (non-hydrogen) atoms. The van der Waals surface area contributed by atoms with Crippen molar-refractivity contribution < 1.29 is 28.6 Å². The number of urea groups is 1. The molecule has 1 saturated heterocycles. The molecule has 2 N–H and O–H groups in total. The lowest BCUT2D eigenvalue weighted by Gasteiger charge is -2.44. The number of aromatic nitrogens is 2. The highest BCUT2D eigenvalue weighted by Gasteiger charge is 2.35. The lowest BCUT2D eigenvalue weighted by atomic mass is 10.0. The first kappa shape index (κ1) is 30.6. The summed E-state index contributed by atoms with van der Waals surface area (Å²) in [5.74, 6) is -0.276. The number of carboxylic acid groups (broad SMARTS) is 1. The van der Waals surface area contributed by atoms with Crippen LogP contribution in [0.25, 0.3) is 20.8 Å².